The van der Waals surface area contributed by atoms with Gasteiger partial charge in [-0.1, -0.05) is 24.6 Å². The highest BCUT2D eigenvalue weighted by Crippen LogP contribution is 2.31. The van der Waals surface area contributed by atoms with Crippen molar-refractivity contribution in [1.82, 2.24) is 15.6 Å². The van der Waals surface area contributed by atoms with E-state index in [0.717, 1.165) is 53.8 Å². The van der Waals surface area contributed by atoms with Crippen LogP contribution in [-0.4, -0.2) is 32.9 Å². The van der Waals surface area contributed by atoms with Crippen LogP contribution in [0.15, 0.2) is 71.3 Å². The molecule has 2 aromatic rings. The predicted molar refractivity (Wildman–Crippen MR) is 136 cm³/mol. The van der Waals surface area contributed by atoms with Crippen molar-refractivity contribution in [1.29, 1.82) is 0 Å². The first-order valence-corrected chi connectivity index (χ1v) is 11.9. The Hall–Kier alpha value is -2.92. The molecule has 0 aliphatic carbocycles. The summed E-state index contributed by atoms with van der Waals surface area (Å²) in [6.45, 7) is 11.3. The van der Waals surface area contributed by atoms with E-state index in [1.54, 1.807) is 18.5 Å². The first-order chi connectivity index (χ1) is 15.6. The lowest BCUT2D eigenvalue weighted by molar-refractivity contribution is 0.151. The van der Waals surface area contributed by atoms with Crippen molar-refractivity contribution in [2.45, 2.75) is 77.4 Å². The summed E-state index contributed by atoms with van der Waals surface area (Å²) in [5.41, 5.74) is 6.07. The third-order valence-corrected chi connectivity index (χ3v) is 6.42. The van der Waals surface area contributed by atoms with Gasteiger partial charge in [-0.2, -0.15) is 0 Å². The van der Waals surface area contributed by atoms with Crippen molar-refractivity contribution in [3.8, 4) is 16.9 Å². The van der Waals surface area contributed by atoms with Gasteiger partial charge < -0.3 is 15.7 Å². The number of hydrogen-bond acceptors (Lipinski definition) is 5. The first kappa shape index (κ1) is 23.2. The van der Waals surface area contributed by atoms with Crippen molar-refractivity contribution in [2.75, 3.05) is 0 Å². The third-order valence-electron chi connectivity index (χ3n) is 6.42. The van der Waals surface area contributed by atoms with Crippen LogP contribution in [0.3, 0.4) is 0 Å². The normalized spacial score (nSPS) is 20.3. The number of aromatic hydroxyl groups is 1. The summed E-state index contributed by atoms with van der Waals surface area (Å²) in [5, 5.41) is 18.4. The number of piperidine rings is 1. The van der Waals surface area contributed by atoms with Gasteiger partial charge in [0.25, 0.3) is 0 Å². The molecule has 1 aromatic carbocycles. The molecule has 0 radical (unpaired) electrons. The molecular formula is C28H36N4O. The maximum absolute atomic E-state index is 10.8. The molecule has 3 heterocycles. The lowest BCUT2D eigenvalue weighted by Gasteiger charge is -2.47. The second-order valence-corrected chi connectivity index (χ2v) is 10.6. The number of nitrogens with zero attached hydrogens (tertiary/aromatic N) is 2. The maximum atomic E-state index is 10.8. The van der Waals surface area contributed by atoms with E-state index in [1.807, 2.05) is 30.5 Å². The minimum absolute atomic E-state index is 0.0877. The van der Waals surface area contributed by atoms with Gasteiger partial charge >= 0.3 is 0 Å². The van der Waals surface area contributed by atoms with Gasteiger partial charge in [0, 0.05) is 59.0 Å². The Morgan fingerprint density at radius 1 is 1.09 bits per heavy atom. The topological polar surface area (TPSA) is 69.5 Å². The molecule has 0 amide bonds. The van der Waals surface area contributed by atoms with E-state index < -0.39 is 0 Å². The van der Waals surface area contributed by atoms with E-state index in [0.29, 0.717) is 6.04 Å². The highest BCUT2D eigenvalue weighted by molar-refractivity contribution is 6.11. The van der Waals surface area contributed by atoms with Crippen LogP contribution in [0, 0.1) is 0 Å². The summed E-state index contributed by atoms with van der Waals surface area (Å²) in [4.78, 5) is 8.98. The molecule has 0 atom stereocenters. The van der Waals surface area contributed by atoms with E-state index in [9.17, 15) is 5.11 Å². The van der Waals surface area contributed by atoms with Crippen molar-refractivity contribution < 1.29 is 5.11 Å². The van der Waals surface area contributed by atoms with Crippen LogP contribution in [0.2, 0.25) is 0 Å². The highest BCUT2D eigenvalue weighted by atomic mass is 16.3. The molecule has 2 aliphatic heterocycles. The number of nitrogens with one attached hydrogen (secondary N) is 2. The van der Waals surface area contributed by atoms with E-state index in [1.165, 1.54) is 5.57 Å². The summed E-state index contributed by atoms with van der Waals surface area (Å²) in [7, 11) is 0. The molecule has 0 saturated carbocycles. The largest absolute Gasteiger partial charge is 0.507 e. The summed E-state index contributed by atoms with van der Waals surface area (Å²) < 4.78 is 0. The second kappa shape index (κ2) is 9.14. The molecule has 4 rings (SSSR count). The SMILES string of the molecule is CCC1=CC(c2ccc(-c3cccnc3)cc2O)=NC=C(NC2CC(C)(C)NC(C)(C)C2)C1. The van der Waals surface area contributed by atoms with Gasteiger partial charge in [0.2, 0.25) is 0 Å². The Kier molecular flexibility index (Phi) is 6.44. The lowest BCUT2D eigenvalue weighted by Crippen LogP contribution is -2.61. The van der Waals surface area contributed by atoms with Gasteiger partial charge in [-0.05, 0) is 76.8 Å². The van der Waals surface area contributed by atoms with Crippen LogP contribution in [-0.2, 0) is 0 Å². The number of phenols is 1. The fourth-order valence-electron chi connectivity index (χ4n) is 5.33. The van der Waals surface area contributed by atoms with Crippen molar-refractivity contribution in [2.24, 2.45) is 4.99 Å². The minimum Gasteiger partial charge on any atom is -0.507 e. The Balaban J connectivity index is 1.59. The summed E-state index contributed by atoms with van der Waals surface area (Å²) >= 11 is 0. The van der Waals surface area contributed by atoms with E-state index in [2.05, 4.69) is 56.3 Å². The van der Waals surface area contributed by atoms with Gasteiger partial charge in [-0.15, -0.1) is 0 Å². The Bertz CT molecular complexity index is 1080. The summed E-state index contributed by atoms with van der Waals surface area (Å²) in [5.74, 6) is 0.230. The molecule has 0 bridgehead atoms. The zero-order chi connectivity index (χ0) is 23.6. The molecule has 0 spiro atoms. The van der Waals surface area contributed by atoms with Crippen molar-refractivity contribution in [3.05, 3.63) is 71.8 Å². The Morgan fingerprint density at radius 3 is 2.48 bits per heavy atom. The highest BCUT2D eigenvalue weighted by Gasteiger charge is 2.37. The van der Waals surface area contributed by atoms with Gasteiger partial charge in [0.1, 0.15) is 5.75 Å². The monoisotopic (exact) mass is 444 g/mol. The molecule has 1 aromatic heterocycles. The molecule has 1 saturated heterocycles. The van der Waals surface area contributed by atoms with Crippen LogP contribution in [0.1, 0.15) is 65.9 Å². The standard InChI is InChI=1S/C28H36N4O/c1-6-19-12-22(31-23-15-27(2,3)32-28(4,5)16-23)18-30-25(13-19)24-10-9-20(14-26(24)33)21-8-7-11-29-17-21/h7-11,13-14,17-18,23,31-33H,6,12,15-16H2,1-5H3. The number of rotatable bonds is 5. The molecular weight excluding hydrogens is 408 g/mol. The van der Waals surface area contributed by atoms with Gasteiger partial charge in [0.15, 0.2) is 0 Å². The maximum Gasteiger partial charge on any atom is 0.125 e. The molecule has 5 heteroatoms. The van der Waals surface area contributed by atoms with Crippen molar-refractivity contribution in [3.63, 3.8) is 0 Å². The molecule has 5 nitrogen and oxygen atoms in total. The first-order valence-electron chi connectivity index (χ1n) is 11.9. The summed E-state index contributed by atoms with van der Waals surface area (Å²) in [6.07, 6.45) is 11.5. The lowest BCUT2D eigenvalue weighted by atomic mass is 9.79. The second-order valence-electron chi connectivity index (χ2n) is 10.6. The van der Waals surface area contributed by atoms with Crippen LogP contribution >= 0.6 is 0 Å². The number of pyridine rings is 1. The van der Waals surface area contributed by atoms with Crippen LogP contribution in [0.4, 0.5) is 0 Å². The zero-order valence-corrected chi connectivity index (χ0v) is 20.4. The number of hydrogen-bond donors (Lipinski definition) is 3. The average Bonchev–Trinajstić information content (AvgIpc) is 2.94. The number of allylic oxidation sites excluding steroid dienone is 2. The smallest absolute Gasteiger partial charge is 0.125 e. The van der Waals surface area contributed by atoms with Crippen LogP contribution in [0.5, 0.6) is 5.75 Å². The van der Waals surface area contributed by atoms with Crippen LogP contribution in [0.25, 0.3) is 11.1 Å². The van der Waals surface area contributed by atoms with E-state index in [-0.39, 0.29) is 16.8 Å². The van der Waals surface area contributed by atoms with Gasteiger partial charge in [0.05, 0.1) is 5.71 Å². The number of phenolic OH excluding ortho intramolecular Hbond substituents is 1. The van der Waals surface area contributed by atoms with Gasteiger partial charge in [-0.3, -0.25) is 9.98 Å². The molecule has 1 fully saturated rings. The molecule has 174 valence electrons. The summed E-state index contributed by atoms with van der Waals surface area (Å²) in [6, 6.07) is 10.0. The Labute approximate surface area is 197 Å². The molecule has 33 heavy (non-hydrogen) atoms. The number of benzene rings is 1. The van der Waals surface area contributed by atoms with E-state index >= 15 is 0 Å². The van der Waals surface area contributed by atoms with Crippen LogP contribution < -0.4 is 10.6 Å². The number of aromatic nitrogens is 1. The fourth-order valence-corrected chi connectivity index (χ4v) is 5.33. The molecule has 2 aliphatic rings. The zero-order valence-electron chi connectivity index (χ0n) is 20.4. The quantitative estimate of drug-likeness (QED) is 0.551. The Morgan fingerprint density at radius 2 is 1.85 bits per heavy atom. The number of aliphatic imine (C=N–C) groups is 1. The molecule has 3 N–H and O–H groups in total. The minimum atomic E-state index is 0.0877. The van der Waals surface area contributed by atoms with Gasteiger partial charge in [-0.25, -0.2) is 0 Å². The predicted octanol–water partition coefficient (Wildman–Crippen LogP) is 5.72. The molecule has 0 unspecified atom stereocenters. The third kappa shape index (κ3) is 5.72. The average molecular weight is 445 g/mol. The van der Waals surface area contributed by atoms with Crippen molar-refractivity contribution >= 4 is 5.71 Å². The fraction of sp³-hybridized carbons (Fsp3) is 0.429. The van der Waals surface area contributed by atoms with E-state index in [4.69, 9.17) is 4.99 Å².